The van der Waals surface area contributed by atoms with Crippen molar-refractivity contribution in [2.45, 2.75) is 20.3 Å². The molecular weight excluding hydrogens is 284 g/mol. The number of nitrogens with two attached hydrogens (primary N) is 1. The molecule has 2 rings (SSSR count). The van der Waals surface area contributed by atoms with Crippen LogP contribution in [0.15, 0.2) is 40.8 Å². The quantitative estimate of drug-likeness (QED) is 0.862. The van der Waals surface area contributed by atoms with Crippen molar-refractivity contribution in [2.24, 2.45) is 5.73 Å². The number of hydrogen-bond acceptors (Lipinski definition) is 3. The first-order chi connectivity index (χ1) is 9.99. The van der Waals surface area contributed by atoms with Crippen LogP contribution in [0.25, 0.3) is 0 Å². The van der Waals surface area contributed by atoms with Gasteiger partial charge < -0.3 is 15.1 Å². The first-order valence-electron chi connectivity index (χ1n) is 6.71. The maximum atomic E-state index is 12.8. The molecule has 1 aromatic heterocycles. The minimum atomic E-state index is -0.105. The van der Waals surface area contributed by atoms with E-state index in [9.17, 15) is 4.79 Å². The Morgan fingerprint density at radius 2 is 1.95 bits per heavy atom. The summed E-state index contributed by atoms with van der Waals surface area (Å²) in [6.07, 6.45) is 0.478. The second-order valence-corrected chi connectivity index (χ2v) is 5.36. The predicted molar refractivity (Wildman–Crippen MR) is 87.7 cm³/mol. The largest absolute Gasteiger partial charge is 0.466 e. The number of hydrogen-bond donors (Lipinski definition) is 1. The third kappa shape index (κ3) is 3.70. The SMILES string of the molecule is Cc1cc(C(=O)N(CCC(N)=S)c2ccccc2)c(C)o1. The zero-order valence-corrected chi connectivity index (χ0v) is 12.9. The maximum absolute atomic E-state index is 12.8. The smallest absolute Gasteiger partial charge is 0.261 e. The number of aryl methyl sites for hydroxylation is 2. The van der Waals surface area contributed by atoms with Crippen molar-refractivity contribution in [1.82, 2.24) is 0 Å². The number of amides is 1. The van der Waals surface area contributed by atoms with E-state index in [1.165, 1.54) is 0 Å². The molecule has 0 atom stereocenters. The Kier molecular flexibility index (Phi) is 4.75. The zero-order valence-electron chi connectivity index (χ0n) is 12.1. The van der Waals surface area contributed by atoms with E-state index in [0.717, 1.165) is 11.4 Å². The van der Waals surface area contributed by atoms with Crippen LogP contribution in [-0.2, 0) is 0 Å². The Balaban J connectivity index is 2.32. The summed E-state index contributed by atoms with van der Waals surface area (Å²) in [6, 6.07) is 11.2. The first kappa shape index (κ1) is 15.3. The van der Waals surface area contributed by atoms with Crippen LogP contribution in [0, 0.1) is 13.8 Å². The Bertz CT molecular complexity index is 650. The fourth-order valence-electron chi connectivity index (χ4n) is 2.17. The van der Waals surface area contributed by atoms with Crippen LogP contribution in [0.5, 0.6) is 0 Å². The number of benzene rings is 1. The predicted octanol–water partition coefficient (Wildman–Crippen LogP) is 3.22. The fraction of sp³-hybridized carbons (Fsp3) is 0.250. The van der Waals surface area contributed by atoms with Gasteiger partial charge in [0.25, 0.3) is 5.91 Å². The molecule has 0 aliphatic heterocycles. The highest BCUT2D eigenvalue weighted by Gasteiger charge is 2.21. The summed E-state index contributed by atoms with van der Waals surface area (Å²) in [5.74, 6) is 1.23. The number of para-hydroxylation sites is 1. The third-order valence-corrected chi connectivity index (χ3v) is 3.37. The molecule has 4 nitrogen and oxygen atoms in total. The molecule has 0 saturated carbocycles. The van der Waals surface area contributed by atoms with Gasteiger partial charge in [-0.05, 0) is 32.0 Å². The lowest BCUT2D eigenvalue weighted by Crippen LogP contribution is -2.33. The number of rotatable bonds is 5. The number of nitrogens with zero attached hydrogens (tertiary/aromatic N) is 1. The van der Waals surface area contributed by atoms with E-state index < -0.39 is 0 Å². The molecule has 1 amide bonds. The summed E-state index contributed by atoms with van der Waals surface area (Å²) < 4.78 is 5.45. The van der Waals surface area contributed by atoms with Crippen LogP contribution in [0.1, 0.15) is 28.3 Å². The molecule has 2 N–H and O–H groups in total. The van der Waals surface area contributed by atoms with Crippen molar-refractivity contribution in [3.8, 4) is 0 Å². The summed E-state index contributed by atoms with van der Waals surface area (Å²) in [5.41, 5.74) is 6.95. The Labute approximate surface area is 129 Å². The van der Waals surface area contributed by atoms with Gasteiger partial charge in [0.05, 0.1) is 10.6 Å². The van der Waals surface area contributed by atoms with E-state index in [4.69, 9.17) is 22.4 Å². The van der Waals surface area contributed by atoms with Gasteiger partial charge in [0.15, 0.2) is 0 Å². The minimum absolute atomic E-state index is 0.105. The molecule has 0 radical (unpaired) electrons. The molecule has 0 aliphatic rings. The van der Waals surface area contributed by atoms with Gasteiger partial charge in [-0.3, -0.25) is 4.79 Å². The average molecular weight is 302 g/mol. The van der Waals surface area contributed by atoms with E-state index in [2.05, 4.69) is 0 Å². The molecule has 21 heavy (non-hydrogen) atoms. The van der Waals surface area contributed by atoms with Crippen molar-refractivity contribution in [3.63, 3.8) is 0 Å². The lowest BCUT2D eigenvalue weighted by molar-refractivity contribution is 0.0986. The third-order valence-electron chi connectivity index (χ3n) is 3.17. The Morgan fingerprint density at radius 1 is 1.29 bits per heavy atom. The van der Waals surface area contributed by atoms with Crippen molar-refractivity contribution in [2.75, 3.05) is 11.4 Å². The average Bonchev–Trinajstić information content (AvgIpc) is 2.78. The van der Waals surface area contributed by atoms with Gasteiger partial charge in [0.2, 0.25) is 0 Å². The summed E-state index contributed by atoms with van der Waals surface area (Å²) in [6.45, 7) is 4.06. The van der Waals surface area contributed by atoms with Gasteiger partial charge in [-0.25, -0.2) is 0 Å². The molecule has 0 fully saturated rings. The highest BCUT2D eigenvalue weighted by molar-refractivity contribution is 7.80. The molecule has 110 valence electrons. The zero-order chi connectivity index (χ0) is 15.4. The van der Waals surface area contributed by atoms with Crippen LogP contribution >= 0.6 is 12.2 Å². The van der Waals surface area contributed by atoms with Gasteiger partial charge >= 0.3 is 0 Å². The Hall–Kier alpha value is -2.14. The highest BCUT2D eigenvalue weighted by Crippen LogP contribution is 2.21. The van der Waals surface area contributed by atoms with E-state index in [1.807, 2.05) is 37.3 Å². The monoisotopic (exact) mass is 302 g/mol. The van der Waals surface area contributed by atoms with E-state index >= 15 is 0 Å². The summed E-state index contributed by atoms with van der Waals surface area (Å²) in [7, 11) is 0. The van der Waals surface area contributed by atoms with Crippen LogP contribution in [0.3, 0.4) is 0 Å². The highest BCUT2D eigenvalue weighted by atomic mass is 32.1. The summed E-state index contributed by atoms with van der Waals surface area (Å²) in [4.78, 5) is 14.8. The van der Waals surface area contributed by atoms with Crippen molar-refractivity contribution < 1.29 is 9.21 Å². The first-order valence-corrected chi connectivity index (χ1v) is 7.12. The molecule has 2 aromatic rings. The molecule has 5 heteroatoms. The Morgan fingerprint density at radius 3 is 2.48 bits per heavy atom. The van der Waals surface area contributed by atoms with Gasteiger partial charge in [0, 0.05) is 18.7 Å². The number of carbonyl (C=O) groups is 1. The van der Waals surface area contributed by atoms with Gasteiger partial charge in [-0.2, -0.15) is 0 Å². The molecule has 0 aliphatic carbocycles. The van der Waals surface area contributed by atoms with Crippen molar-refractivity contribution in [3.05, 3.63) is 53.5 Å². The number of thiocarbonyl (C=S) groups is 1. The molecule has 0 bridgehead atoms. The van der Waals surface area contributed by atoms with Gasteiger partial charge in [-0.15, -0.1) is 0 Å². The fourth-order valence-corrected chi connectivity index (χ4v) is 2.26. The number of carbonyl (C=O) groups excluding carboxylic acids is 1. The van der Waals surface area contributed by atoms with Crippen LogP contribution < -0.4 is 10.6 Å². The van der Waals surface area contributed by atoms with Gasteiger partial charge in [-0.1, -0.05) is 30.4 Å². The molecule has 0 spiro atoms. The summed E-state index contributed by atoms with van der Waals surface area (Å²) >= 11 is 4.92. The second-order valence-electron chi connectivity index (χ2n) is 4.84. The normalized spacial score (nSPS) is 10.4. The topological polar surface area (TPSA) is 59.5 Å². The molecule has 0 saturated heterocycles. The van der Waals surface area contributed by atoms with Crippen LogP contribution in [-0.4, -0.2) is 17.4 Å². The minimum Gasteiger partial charge on any atom is -0.466 e. The second kappa shape index (κ2) is 6.54. The van der Waals surface area contributed by atoms with Crippen molar-refractivity contribution >= 4 is 28.8 Å². The lowest BCUT2D eigenvalue weighted by Gasteiger charge is -2.22. The molecule has 1 aromatic carbocycles. The summed E-state index contributed by atoms with van der Waals surface area (Å²) in [5, 5.41) is 0. The standard InChI is InChI=1S/C16H18N2O2S/c1-11-10-14(12(2)20-11)16(19)18(9-8-15(17)21)13-6-4-3-5-7-13/h3-7,10H,8-9H2,1-2H3,(H2,17,21). The lowest BCUT2D eigenvalue weighted by atomic mass is 10.2. The number of anilines is 1. The van der Waals surface area contributed by atoms with Gasteiger partial charge in [0.1, 0.15) is 11.5 Å². The maximum Gasteiger partial charge on any atom is 0.261 e. The van der Waals surface area contributed by atoms with Crippen LogP contribution in [0.2, 0.25) is 0 Å². The molecular formula is C16H18N2O2S. The number of furan rings is 1. The van der Waals surface area contributed by atoms with Crippen molar-refractivity contribution in [1.29, 1.82) is 0 Å². The van der Waals surface area contributed by atoms with E-state index in [-0.39, 0.29) is 5.91 Å². The van der Waals surface area contributed by atoms with E-state index in [0.29, 0.717) is 29.3 Å². The van der Waals surface area contributed by atoms with E-state index in [1.54, 1.807) is 17.9 Å². The van der Waals surface area contributed by atoms with Crippen LogP contribution in [0.4, 0.5) is 5.69 Å². The molecule has 0 unspecified atom stereocenters. The molecule has 1 heterocycles.